The molecule has 6 heteroatoms. The first-order chi connectivity index (χ1) is 11.4. The van der Waals surface area contributed by atoms with Gasteiger partial charge in [0.15, 0.2) is 0 Å². The lowest BCUT2D eigenvalue weighted by Gasteiger charge is -2.45. The van der Waals surface area contributed by atoms with Crippen molar-refractivity contribution in [2.24, 2.45) is 0 Å². The van der Waals surface area contributed by atoms with Crippen molar-refractivity contribution in [1.82, 2.24) is 19.8 Å². The maximum atomic E-state index is 13.0. The largest absolute Gasteiger partial charge is 0.341 e. The van der Waals surface area contributed by atoms with Gasteiger partial charge in [-0.25, -0.2) is 4.98 Å². The Kier molecular flexibility index (Phi) is 4.76. The van der Waals surface area contributed by atoms with Crippen molar-refractivity contribution in [2.75, 3.05) is 26.7 Å². The molecule has 1 N–H and O–H groups in total. The summed E-state index contributed by atoms with van der Waals surface area (Å²) >= 11 is 0. The molecule has 0 unspecified atom stereocenters. The smallest absolute Gasteiger partial charge is 0.251 e. The molecule has 132 valence electrons. The minimum absolute atomic E-state index is 0.0904. The van der Waals surface area contributed by atoms with Gasteiger partial charge in [-0.05, 0) is 59.5 Å². The lowest BCUT2D eigenvalue weighted by Crippen LogP contribution is -2.59. The van der Waals surface area contributed by atoms with E-state index in [0.717, 1.165) is 56.8 Å². The van der Waals surface area contributed by atoms with Crippen molar-refractivity contribution in [1.29, 1.82) is 0 Å². The van der Waals surface area contributed by atoms with Crippen LogP contribution >= 0.6 is 0 Å². The number of rotatable bonds is 2. The molecule has 1 aromatic heterocycles. The number of likely N-dealkylation sites (N-methyl/N-ethyl adjacent to an activating group) is 1. The Balaban J connectivity index is 1.66. The number of likely N-dealkylation sites (tertiary alicyclic amines) is 2. The van der Waals surface area contributed by atoms with Gasteiger partial charge in [0.05, 0.1) is 5.54 Å². The Morgan fingerprint density at radius 1 is 1.29 bits per heavy atom. The first-order valence-corrected chi connectivity index (χ1v) is 8.98. The zero-order valence-electron chi connectivity index (χ0n) is 15.0. The predicted molar refractivity (Wildman–Crippen MR) is 93.0 cm³/mol. The lowest BCUT2D eigenvalue weighted by atomic mass is 9.86. The number of nitrogens with one attached hydrogen (secondary N) is 1. The number of H-pyrrole nitrogens is 1. The first kappa shape index (κ1) is 17.1. The third kappa shape index (κ3) is 3.24. The number of aromatic nitrogens is 2. The zero-order chi connectivity index (χ0) is 17.3. The van der Waals surface area contributed by atoms with E-state index in [0.29, 0.717) is 0 Å². The summed E-state index contributed by atoms with van der Waals surface area (Å²) in [4.78, 5) is 36.2. The number of carbonyl (C=O) groups is 1. The number of hydrogen-bond acceptors (Lipinski definition) is 4. The minimum Gasteiger partial charge on any atom is -0.341 e. The number of nitrogens with zero attached hydrogens (tertiary/aromatic N) is 3. The molecule has 0 spiro atoms. The number of piperidine rings is 2. The third-order valence-corrected chi connectivity index (χ3v) is 5.77. The van der Waals surface area contributed by atoms with Crippen LogP contribution in [0.25, 0.3) is 0 Å². The highest BCUT2D eigenvalue weighted by Gasteiger charge is 2.42. The molecule has 0 aromatic carbocycles. The molecule has 0 saturated carbocycles. The van der Waals surface area contributed by atoms with E-state index in [1.165, 1.54) is 12.5 Å². The molecule has 3 heterocycles. The van der Waals surface area contributed by atoms with Gasteiger partial charge in [-0.15, -0.1) is 0 Å². The van der Waals surface area contributed by atoms with Crippen molar-refractivity contribution in [3.05, 3.63) is 27.9 Å². The predicted octanol–water partition coefficient (Wildman–Crippen LogP) is 1.66. The summed E-state index contributed by atoms with van der Waals surface area (Å²) in [6, 6.07) is 1.52. The molecule has 6 nitrogen and oxygen atoms in total. The van der Waals surface area contributed by atoms with Crippen molar-refractivity contribution in [3.8, 4) is 0 Å². The van der Waals surface area contributed by atoms with E-state index in [1.54, 1.807) is 0 Å². The highest BCUT2D eigenvalue weighted by atomic mass is 16.2. The van der Waals surface area contributed by atoms with E-state index in [4.69, 9.17) is 0 Å². The summed E-state index contributed by atoms with van der Waals surface area (Å²) in [7, 11) is 2.06. The molecule has 0 aliphatic carbocycles. The van der Waals surface area contributed by atoms with Crippen LogP contribution in [0, 0.1) is 6.92 Å². The average Bonchev–Trinajstić information content (AvgIpc) is 2.56. The van der Waals surface area contributed by atoms with Crippen LogP contribution in [0.15, 0.2) is 10.9 Å². The molecule has 0 bridgehead atoms. The molecule has 3 rings (SSSR count). The topological polar surface area (TPSA) is 69.3 Å². The highest BCUT2D eigenvalue weighted by molar-refractivity contribution is 5.86. The van der Waals surface area contributed by atoms with E-state index in [9.17, 15) is 9.59 Å². The van der Waals surface area contributed by atoms with Gasteiger partial charge in [-0.2, -0.15) is 0 Å². The number of carbonyl (C=O) groups excluding carboxylic acids is 1. The normalized spacial score (nSPS) is 26.5. The van der Waals surface area contributed by atoms with E-state index in [-0.39, 0.29) is 22.9 Å². The van der Waals surface area contributed by atoms with Gasteiger partial charge in [-0.3, -0.25) is 14.5 Å². The van der Waals surface area contributed by atoms with E-state index < -0.39 is 0 Å². The van der Waals surface area contributed by atoms with Crippen LogP contribution in [-0.4, -0.2) is 57.9 Å². The number of hydrogen-bond donors (Lipinski definition) is 1. The van der Waals surface area contributed by atoms with Gasteiger partial charge < -0.3 is 9.88 Å². The van der Waals surface area contributed by atoms with Gasteiger partial charge in [0.1, 0.15) is 5.82 Å². The molecule has 2 aliphatic heterocycles. The summed E-state index contributed by atoms with van der Waals surface area (Å²) in [6.45, 7) is 6.40. The molecule has 2 saturated heterocycles. The van der Waals surface area contributed by atoms with Gasteiger partial charge in [0.25, 0.3) is 5.56 Å². The second-order valence-electron chi connectivity index (χ2n) is 7.49. The SMILES string of the molecule is Cc1cc(=O)[nH]c(C2CCN(C(=O)[C@]3(C)CCCCN3C)CC2)n1. The highest BCUT2D eigenvalue weighted by Crippen LogP contribution is 2.31. The van der Waals surface area contributed by atoms with Crippen LogP contribution in [-0.2, 0) is 4.79 Å². The summed E-state index contributed by atoms with van der Waals surface area (Å²) in [5, 5.41) is 0. The van der Waals surface area contributed by atoms with Crippen molar-refractivity contribution in [2.45, 2.75) is 57.4 Å². The second-order valence-corrected chi connectivity index (χ2v) is 7.49. The van der Waals surface area contributed by atoms with Crippen molar-refractivity contribution < 1.29 is 4.79 Å². The van der Waals surface area contributed by atoms with Gasteiger partial charge >= 0.3 is 0 Å². The van der Waals surface area contributed by atoms with Gasteiger partial charge in [0, 0.05) is 30.8 Å². The van der Waals surface area contributed by atoms with E-state index in [2.05, 4.69) is 28.8 Å². The fourth-order valence-electron chi connectivity index (χ4n) is 4.02. The fraction of sp³-hybridized carbons (Fsp3) is 0.722. The standard InChI is InChI=1S/C18H28N4O2/c1-13-12-15(23)20-16(19-13)14-6-10-22(11-7-14)17(24)18(2)8-4-5-9-21(18)3/h12,14H,4-11H2,1-3H3,(H,19,20,23)/t18-/m0/s1. The van der Waals surface area contributed by atoms with Crippen molar-refractivity contribution in [3.63, 3.8) is 0 Å². The summed E-state index contributed by atoms with van der Waals surface area (Å²) in [6.07, 6.45) is 4.95. The molecular weight excluding hydrogens is 304 g/mol. The van der Waals surface area contributed by atoms with Crippen LogP contribution in [0.2, 0.25) is 0 Å². The number of aryl methyl sites for hydroxylation is 1. The molecular formula is C18H28N4O2. The zero-order valence-corrected chi connectivity index (χ0v) is 15.0. The Labute approximate surface area is 143 Å². The maximum Gasteiger partial charge on any atom is 0.251 e. The van der Waals surface area contributed by atoms with Crippen LogP contribution in [0.4, 0.5) is 0 Å². The average molecular weight is 332 g/mol. The molecule has 1 amide bonds. The van der Waals surface area contributed by atoms with Gasteiger partial charge in [-0.1, -0.05) is 0 Å². The minimum atomic E-state index is -0.360. The molecule has 0 radical (unpaired) electrons. The summed E-state index contributed by atoms with van der Waals surface area (Å²) in [5.74, 6) is 1.26. The molecule has 24 heavy (non-hydrogen) atoms. The molecule has 2 aliphatic rings. The quantitative estimate of drug-likeness (QED) is 0.894. The Morgan fingerprint density at radius 2 is 2.00 bits per heavy atom. The Morgan fingerprint density at radius 3 is 2.62 bits per heavy atom. The fourth-order valence-corrected chi connectivity index (χ4v) is 4.02. The number of amides is 1. The number of aromatic amines is 1. The molecule has 2 fully saturated rings. The molecule has 1 atom stereocenters. The third-order valence-electron chi connectivity index (χ3n) is 5.77. The monoisotopic (exact) mass is 332 g/mol. The van der Waals surface area contributed by atoms with E-state index in [1.807, 2.05) is 11.8 Å². The Hall–Kier alpha value is -1.69. The first-order valence-electron chi connectivity index (χ1n) is 8.98. The summed E-state index contributed by atoms with van der Waals surface area (Å²) < 4.78 is 0. The maximum absolute atomic E-state index is 13.0. The van der Waals surface area contributed by atoms with Crippen LogP contribution < -0.4 is 5.56 Å². The van der Waals surface area contributed by atoms with Crippen LogP contribution in [0.5, 0.6) is 0 Å². The second kappa shape index (κ2) is 6.67. The van der Waals surface area contributed by atoms with E-state index >= 15 is 0 Å². The van der Waals surface area contributed by atoms with Crippen molar-refractivity contribution >= 4 is 5.91 Å². The molecule has 1 aromatic rings. The Bertz CT molecular complexity index is 663. The van der Waals surface area contributed by atoms with Crippen LogP contribution in [0.1, 0.15) is 56.5 Å². The van der Waals surface area contributed by atoms with Crippen LogP contribution in [0.3, 0.4) is 0 Å². The van der Waals surface area contributed by atoms with Gasteiger partial charge in [0.2, 0.25) is 5.91 Å². The lowest BCUT2D eigenvalue weighted by molar-refractivity contribution is -0.146. The summed E-state index contributed by atoms with van der Waals surface area (Å²) in [5.41, 5.74) is 0.303.